The molecule has 0 radical (unpaired) electrons. The first-order chi connectivity index (χ1) is 10.8. The molecule has 3 heteroatoms. The van der Waals surface area contributed by atoms with Crippen molar-refractivity contribution in [3.8, 4) is 5.75 Å². The van der Waals surface area contributed by atoms with E-state index in [-0.39, 0.29) is 6.10 Å². The van der Waals surface area contributed by atoms with E-state index < -0.39 is 0 Å². The fraction of sp³-hybridized carbons (Fsp3) is 0.368. The molecule has 0 bridgehead atoms. The summed E-state index contributed by atoms with van der Waals surface area (Å²) in [7, 11) is 0. The number of nitrogens with zero attached hydrogens (tertiary/aromatic N) is 1. The second-order valence-electron chi connectivity index (χ2n) is 5.84. The van der Waals surface area contributed by atoms with Crippen molar-refractivity contribution in [2.45, 2.75) is 18.9 Å². The summed E-state index contributed by atoms with van der Waals surface area (Å²) in [6, 6.07) is 18.0. The Bertz CT molecular complexity index is 585. The van der Waals surface area contributed by atoms with E-state index in [9.17, 15) is 5.11 Å². The molecule has 116 valence electrons. The summed E-state index contributed by atoms with van der Waals surface area (Å²) in [5.41, 5.74) is 2.47. The molecule has 1 saturated heterocycles. The Kier molecular flexibility index (Phi) is 5.09. The van der Waals surface area contributed by atoms with Crippen LogP contribution < -0.4 is 0 Å². The Morgan fingerprint density at radius 1 is 1.09 bits per heavy atom. The van der Waals surface area contributed by atoms with Crippen molar-refractivity contribution >= 4 is 0 Å². The van der Waals surface area contributed by atoms with Gasteiger partial charge in [0.15, 0.2) is 0 Å². The first-order valence-electron chi connectivity index (χ1n) is 7.98. The lowest BCUT2D eigenvalue weighted by Gasteiger charge is -2.33. The topological polar surface area (TPSA) is 32.7 Å². The van der Waals surface area contributed by atoms with Crippen LogP contribution in [0.25, 0.3) is 0 Å². The van der Waals surface area contributed by atoms with Crippen LogP contribution in [0.1, 0.15) is 23.7 Å². The van der Waals surface area contributed by atoms with Crippen LogP contribution in [0.4, 0.5) is 0 Å². The highest BCUT2D eigenvalue weighted by Gasteiger charge is 2.21. The predicted octanol–water partition coefficient (Wildman–Crippen LogP) is 3.40. The van der Waals surface area contributed by atoms with Crippen LogP contribution in [0.5, 0.6) is 5.75 Å². The zero-order chi connectivity index (χ0) is 15.2. The summed E-state index contributed by atoms with van der Waals surface area (Å²) in [4.78, 5) is 2.46. The molecule has 1 aliphatic heterocycles. The third-order valence-electron chi connectivity index (χ3n) is 4.18. The molecule has 0 aliphatic carbocycles. The normalized spacial score (nSPS) is 19.2. The van der Waals surface area contributed by atoms with Crippen LogP contribution >= 0.6 is 0 Å². The number of phenolic OH excluding ortho intramolecular Hbond substituents is 1. The first kappa shape index (κ1) is 15.1. The first-order valence-corrected chi connectivity index (χ1v) is 7.98. The number of ether oxygens (including phenoxy) is 1. The molecule has 1 fully saturated rings. The molecule has 1 N–H and O–H groups in total. The van der Waals surface area contributed by atoms with Crippen molar-refractivity contribution in [3.63, 3.8) is 0 Å². The van der Waals surface area contributed by atoms with Gasteiger partial charge in [0, 0.05) is 13.1 Å². The number of phenols is 1. The maximum Gasteiger partial charge on any atom is 0.115 e. The zero-order valence-electron chi connectivity index (χ0n) is 12.8. The monoisotopic (exact) mass is 297 g/mol. The molecule has 22 heavy (non-hydrogen) atoms. The molecule has 2 aromatic rings. The minimum absolute atomic E-state index is 0.0672. The molecule has 1 atom stereocenters. The number of rotatable bonds is 5. The number of hydrogen-bond donors (Lipinski definition) is 1. The van der Waals surface area contributed by atoms with Crippen molar-refractivity contribution in [2.24, 2.45) is 0 Å². The average Bonchev–Trinajstić information content (AvgIpc) is 2.56. The van der Waals surface area contributed by atoms with E-state index in [1.165, 1.54) is 5.56 Å². The number of aromatic hydroxyl groups is 1. The summed E-state index contributed by atoms with van der Waals surface area (Å²) in [6.45, 7) is 3.74. The van der Waals surface area contributed by atoms with E-state index in [0.717, 1.165) is 44.6 Å². The summed E-state index contributed by atoms with van der Waals surface area (Å²) in [5, 5.41) is 9.61. The third kappa shape index (κ3) is 4.09. The summed E-state index contributed by atoms with van der Waals surface area (Å²) in [5.74, 6) is 0.308. The predicted molar refractivity (Wildman–Crippen MR) is 88.0 cm³/mol. The van der Waals surface area contributed by atoms with Crippen molar-refractivity contribution in [2.75, 3.05) is 26.2 Å². The van der Waals surface area contributed by atoms with E-state index in [0.29, 0.717) is 5.75 Å². The van der Waals surface area contributed by atoms with Crippen LogP contribution in [-0.2, 0) is 11.2 Å². The maximum atomic E-state index is 9.61. The van der Waals surface area contributed by atoms with Gasteiger partial charge >= 0.3 is 0 Å². The second kappa shape index (κ2) is 7.43. The quantitative estimate of drug-likeness (QED) is 0.918. The second-order valence-corrected chi connectivity index (χ2v) is 5.84. The van der Waals surface area contributed by atoms with Crippen molar-refractivity contribution in [3.05, 3.63) is 65.7 Å². The Morgan fingerprint density at radius 2 is 1.95 bits per heavy atom. The average molecular weight is 297 g/mol. The number of benzene rings is 2. The number of aryl methyl sites for hydroxylation is 1. The van der Waals surface area contributed by atoms with Gasteiger partial charge in [-0.3, -0.25) is 4.90 Å². The highest BCUT2D eigenvalue weighted by Crippen LogP contribution is 2.25. The number of hydrogen-bond acceptors (Lipinski definition) is 3. The highest BCUT2D eigenvalue weighted by molar-refractivity contribution is 5.29. The van der Waals surface area contributed by atoms with Crippen LogP contribution in [0.2, 0.25) is 0 Å². The molecule has 0 unspecified atom stereocenters. The summed E-state index contributed by atoms with van der Waals surface area (Å²) >= 11 is 0. The molecule has 3 nitrogen and oxygen atoms in total. The standard InChI is InChI=1S/C19H23NO2/c21-18-10-4-9-17(14-18)19-15-20(12-13-22-19)11-5-8-16-6-2-1-3-7-16/h1-4,6-7,9-10,14,19,21H,5,8,11-13,15H2/t19-/m1/s1. The van der Waals surface area contributed by atoms with Crippen LogP contribution in [0.3, 0.4) is 0 Å². The van der Waals surface area contributed by atoms with Crippen molar-refractivity contribution < 1.29 is 9.84 Å². The van der Waals surface area contributed by atoms with Gasteiger partial charge in [0.05, 0.1) is 12.7 Å². The summed E-state index contributed by atoms with van der Waals surface area (Å²) < 4.78 is 5.86. The Hall–Kier alpha value is -1.84. The molecule has 0 saturated carbocycles. The SMILES string of the molecule is Oc1cccc([C@H]2CN(CCCc3ccccc3)CCO2)c1. The molecule has 0 amide bonds. The molecule has 0 aromatic heterocycles. The highest BCUT2D eigenvalue weighted by atomic mass is 16.5. The molecule has 0 spiro atoms. The summed E-state index contributed by atoms with van der Waals surface area (Å²) in [6.07, 6.45) is 2.35. The fourth-order valence-corrected chi connectivity index (χ4v) is 2.98. The lowest BCUT2D eigenvalue weighted by atomic mass is 10.1. The van der Waals surface area contributed by atoms with E-state index in [1.54, 1.807) is 12.1 Å². The lowest BCUT2D eigenvalue weighted by Crippen LogP contribution is -2.38. The van der Waals surface area contributed by atoms with Crippen LogP contribution in [-0.4, -0.2) is 36.2 Å². The Morgan fingerprint density at radius 3 is 2.77 bits per heavy atom. The zero-order valence-corrected chi connectivity index (χ0v) is 12.8. The maximum absolute atomic E-state index is 9.61. The molecular weight excluding hydrogens is 274 g/mol. The largest absolute Gasteiger partial charge is 0.508 e. The van der Waals surface area contributed by atoms with Crippen molar-refractivity contribution in [1.82, 2.24) is 4.90 Å². The molecule has 1 aliphatic rings. The van der Waals surface area contributed by atoms with E-state index in [2.05, 4.69) is 35.2 Å². The molecule has 1 heterocycles. The smallest absolute Gasteiger partial charge is 0.115 e. The minimum atomic E-state index is 0.0672. The fourth-order valence-electron chi connectivity index (χ4n) is 2.98. The van der Waals surface area contributed by atoms with Gasteiger partial charge in [-0.15, -0.1) is 0 Å². The van der Waals surface area contributed by atoms with Gasteiger partial charge in [-0.1, -0.05) is 42.5 Å². The third-order valence-corrected chi connectivity index (χ3v) is 4.18. The van der Waals surface area contributed by atoms with Gasteiger partial charge in [-0.25, -0.2) is 0 Å². The van der Waals surface area contributed by atoms with Crippen LogP contribution in [0.15, 0.2) is 54.6 Å². The lowest BCUT2D eigenvalue weighted by molar-refractivity contribution is -0.0302. The van der Waals surface area contributed by atoms with Gasteiger partial charge in [-0.05, 0) is 42.6 Å². The molecule has 3 rings (SSSR count). The molecular formula is C19H23NO2. The van der Waals surface area contributed by atoms with E-state index in [1.807, 2.05) is 12.1 Å². The number of morpholine rings is 1. The van der Waals surface area contributed by atoms with Crippen LogP contribution in [0, 0.1) is 0 Å². The van der Waals surface area contributed by atoms with Gasteiger partial charge in [0.25, 0.3) is 0 Å². The van der Waals surface area contributed by atoms with Gasteiger partial charge in [0.2, 0.25) is 0 Å². The van der Waals surface area contributed by atoms with Gasteiger partial charge in [0.1, 0.15) is 5.75 Å². The van der Waals surface area contributed by atoms with E-state index >= 15 is 0 Å². The Labute approximate surface area is 132 Å². The van der Waals surface area contributed by atoms with Crippen molar-refractivity contribution in [1.29, 1.82) is 0 Å². The van der Waals surface area contributed by atoms with Gasteiger partial charge < -0.3 is 9.84 Å². The van der Waals surface area contributed by atoms with Gasteiger partial charge in [-0.2, -0.15) is 0 Å². The molecule has 2 aromatic carbocycles. The van der Waals surface area contributed by atoms with E-state index in [4.69, 9.17) is 4.74 Å². The minimum Gasteiger partial charge on any atom is -0.508 e. The Balaban J connectivity index is 1.50.